The molecule has 1 aromatic rings. The summed E-state index contributed by atoms with van der Waals surface area (Å²) in [6.45, 7) is 10.2. The molecule has 2 N–H and O–H groups in total. The summed E-state index contributed by atoms with van der Waals surface area (Å²) in [6, 6.07) is 0. The van der Waals surface area contributed by atoms with Gasteiger partial charge in [0.25, 0.3) is 5.56 Å². The lowest BCUT2D eigenvalue weighted by Gasteiger charge is -2.37. The summed E-state index contributed by atoms with van der Waals surface area (Å²) in [5.74, 6) is 2.94. The molecule has 0 spiro atoms. The Morgan fingerprint density at radius 2 is 2.00 bits per heavy atom. The number of nitrogens with zero attached hydrogens (tertiary/aromatic N) is 1. The number of ether oxygens (including phenoxy) is 2. The molecular weight excluding hydrogens is 519 g/mol. The zero-order chi connectivity index (χ0) is 27.3. The molecule has 1 fully saturated rings. The fourth-order valence-corrected chi connectivity index (χ4v) is 4.34. The molecular formula is C22H32F3N3O6SSi. The van der Waals surface area contributed by atoms with Crippen molar-refractivity contribution in [3.05, 3.63) is 32.6 Å². The summed E-state index contributed by atoms with van der Waals surface area (Å²) in [4.78, 5) is 37.7. The number of carbonyl (C=O) groups excluding carboxylic acids is 1. The number of aromatic amines is 1. The molecule has 1 saturated heterocycles. The number of hydrogen-bond acceptors (Lipinski definition) is 7. The van der Waals surface area contributed by atoms with Crippen LogP contribution in [0.5, 0.6) is 0 Å². The third kappa shape index (κ3) is 7.97. The topological polar surface area (TPSA) is 112 Å². The van der Waals surface area contributed by atoms with Gasteiger partial charge in [-0.1, -0.05) is 32.6 Å². The Morgan fingerprint density at radius 3 is 2.58 bits per heavy atom. The molecule has 1 aliphatic heterocycles. The maximum absolute atomic E-state index is 12.5. The van der Waals surface area contributed by atoms with Gasteiger partial charge < -0.3 is 19.2 Å². The first-order valence-corrected chi connectivity index (χ1v) is 15.5. The molecule has 3 atom stereocenters. The summed E-state index contributed by atoms with van der Waals surface area (Å²) < 4.78 is 56.3. The quantitative estimate of drug-likeness (QED) is 0.290. The number of H-pyrrole nitrogens is 1. The molecule has 2 heterocycles. The predicted molar refractivity (Wildman–Crippen MR) is 132 cm³/mol. The summed E-state index contributed by atoms with van der Waals surface area (Å²) >= 11 is 1.49. The highest BCUT2D eigenvalue weighted by Gasteiger charge is 2.42. The van der Waals surface area contributed by atoms with E-state index in [4.69, 9.17) is 13.9 Å². The van der Waals surface area contributed by atoms with Gasteiger partial charge in [-0.25, -0.2) is 4.79 Å². The van der Waals surface area contributed by atoms with Crippen LogP contribution in [0.25, 0.3) is 0 Å². The van der Waals surface area contributed by atoms with Gasteiger partial charge in [-0.2, -0.15) is 13.2 Å². The van der Waals surface area contributed by atoms with E-state index in [1.807, 2.05) is 6.26 Å². The van der Waals surface area contributed by atoms with Gasteiger partial charge in [0.1, 0.15) is 17.9 Å². The van der Waals surface area contributed by atoms with Crippen LogP contribution in [-0.4, -0.2) is 67.5 Å². The zero-order valence-electron chi connectivity index (χ0n) is 21.1. The highest BCUT2D eigenvalue weighted by molar-refractivity contribution is 7.98. The van der Waals surface area contributed by atoms with E-state index in [-0.39, 0.29) is 23.3 Å². The lowest BCUT2D eigenvalue weighted by atomic mass is 10.2. The average Bonchev–Trinajstić information content (AvgIpc) is 3.16. The molecule has 1 unspecified atom stereocenters. The van der Waals surface area contributed by atoms with E-state index in [0.717, 1.165) is 0 Å². The molecule has 0 radical (unpaired) electrons. The molecule has 1 amide bonds. The zero-order valence-corrected chi connectivity index (χ0v) is 22.9. The number of aromatic nitrogens is 2. The lowest BCUT2D eigenvalue weighted by molar-refractivity contribution is -0.173. The summed E-state index contributed by atoms with van der Waals surface area (Å²) in [5, 5.41) is 1.58. The number of halogens is 3. The second-order valence-electron chi connectivity index (χ2n) is 9.74. The van der Waals surface area contributed by atoms with Crippen LogP contribution in [0.2, 0.25) is 18.1 Å². The Hall–Kier alpha value is -2.05. The van der Waals surface area contributed by atoms with Gasteiger partial charge in [0, 0.05) is 12.6 Å². The van der Waals surface area contributed by atoms with Gasteiger partial charge in [-0.15, -0.1) is 11.8 Å². The Kier molecular flexibility index (Phi) is 10.1. The first-order valence-electron chi connectivity index (χ1n) is 11.2. The minimum absolute atomic E-state index is 0.0103. The molecule has 14 heteroatoms. The molecule has 0 bridgehead atoms. The van der Waals surface area contributed by atoms with Crippen molar-refractivity contribution in [3.63, 3.8) is 0 Å². The highest BCUT2D eigenvalue weighted by atomic mass is 32.2. The van der Waals surface area contributed by atoms with E-state index in [0.29, 0.717) is 12.4 Å². The smallest absolute Gasteiger partial charge is 0.414 e. The normalized spacial score (nSPS) is 20.6. The molecule has 36 heavy (non-hydrogen) atoms. The van der Waals surface area contributed by atoms with E-state index in [2.05, 4.69) is 50.7 Å². The van der Waals surface area contributed by atoms with Gasteiger partial charge in [-0.05, 0) is 24.4 Å². The molecule has 9 nitrogen and oxygen atoms in total. The first-order chi connectivity index (χ1) is 16.6. The van der Waals surface area contributed by atoms with Crippen LogP contribution in [0.15, 0.2) is 15.8 Å². The lowest BCUT2D eigenvalue weighted by Crippen LogP contribution is -2.44. The molecule has 1 aliphatic rings. The third-order valence-corrected chi connectivity index (χ3v) is 11.0. The van der Waals surface area contributed by atoms with Crippen molar-refractivity contribution in [2.24, 2.45) is 0 Å². The number of alkyl halides is 3. The standard InChI is InChI=1S/C22H32F3N3O6SSi/c1-21(2,3)36(5,6)33-12-16-15(32-13-35-4)10-17(34-16)28-11-14(18(29)27-20(28)31)8-7-9-26-19(30)22(23,24)25/h11,15-17H,9-10,12-13H2,1-6H3,(H,26,30)(H,27,29,31)/t15?,16-,17-/m0/s1. The Labute approximate surface area is 212 Å². The Bertz CT molecular complexity index is 1100. The largest absolute Gasteiger partial charge is 0.471 e. The van der Waals surface area contributed by atoms with Crippen LogP contribution in [-0.2, 0) is 18.7 Å². The number of hydrogen-bond donors (Lipinski definition) is 2. The van der Waals surface area contributed by atoms with Gasteiger partial charge >= 0.3 is 17.8 Å². The molecule has 0 aliphatic carbocycles. The Morgan fingerprint density at radius 1 is 1.33 bits per heavy atom. The molecule has 202 valence electrons. The van der Waals surface area contributed by atoms with Crippen molar-refractivity contribution in [2.45, 2.75) is 69.9 Å². The number of amides is 1. The first kappa shape index (κ1) is 30.2. The minimum Gasteiger partial charge on any atom is -0.414 e. The van der Waals surface area contributed by atoms with E-state index in [9.17, 15) is 27.6 Å². The summed E-state index contributed by atoms with van der Waals surface area (Å²) in [7, 11) is -2.08. The van der Waals surface area contributed by atoms with Crippen LogP contribution in [0.3, 0.4) is 0 Å². The van der Waals surface area contributed by atoms with E-state index >= 15 is 0 Å². The molecule has 2 rings (SSSR count). The monoisotopic (exact) mass is 551 g/mol. The van der Waals surface area contributed by atoms with Gasteiger partial charge in [0.05, 0.1) is 25.2 Å². The summed E-state index contributed by atoms with van der Waals surface area (Å²) in [5.41, 5.74) is -1.70. The van der Waals surface area contributed by atoms with Crippen LogP contribution < -0.4 is 16.6 Å². The number of carbonyl (C=O) groups is 1. The second-order valence-corrected chi connectivity index (χ2v) is 15.4. The third-order valence-electron chi connectivity index (χ3n) is 6.09. The van der Waals surface area contributed by atoms with Gasteiger partial charge in [0.2, 0.25) is 0 Å². The Balaban J connectivity index is 2.21. The van der Waals surface area contributed by atoms with Crippen LogP contribution in [0.1, 0.15) is 39.0 Å². The van der Waals surface area contributed by atoms with E-state index in [1.54, 1.807) is 5.32 Å². The second kappa shape index (κ2) is 12.0. The van der Waals surface area contributed by atoms with Gasteiger partial charge in [0.15, 0.2) is 8.32 Å². The number of thioether (sulfide) groups is 1. The SMILES string of the molecule is CSCOC1C[C@@H](n2cc(C#CCNC(=O)C(F)(F)F)c(=O)[nH]c2=O)O[C@H]1CO[Si](C)(C)C(C)(C)C. The molecule has 0 saturated carbocycles. The fraction of sp³-hybridized carbons (Fsp3) is 0.682. The van der Waals surface area contributed by atoms with Crippen molar-refractivity contribution >= 4 is 26.0 Å². The van der Waals surface area contributed by atoms with Crippen molar-refractivity contribution in [3.8, 4) is 11.8 Å². The maximum Gasteiger partial charge on any atom is 0.471 e. The van der Waals surface area contributed by atoms with E-state index < -0.39 is 50.5 Å². The molecule has 1 aromatic heterocycles. The fourth-order valence-electron chi connectivity index (χ4n) is 3.01. The van der Waals surface area contributed by atoms with Gasteiger partial charge in [-0.3, -0.25) is 19.1 Å². The summed E-state index contributed by atoms with van der Waals surface area (Å²) in [6.07, 6.45) is -3.24. The van der Waals surface area contributed by atoms with Crippen LogP contribution >= 0.6 is 11.8 Å². The van der Waals surface area contributed by atoms with Crippen molar-refractivity contribution < 1.29 is 31.9 Å². The van der Waals surface area contributed by atoms with Crippen LogP contribution in [0, 0.1) is 11.8 Å². The van der Waals surface area contributed by atoms with Crippen molar-refractivity contribution in [1.29, 1.82) is 0 Å². The number of rotatable bonds is 8. The van der Waals surface area contributed by atoms with Crippen molar-refractivity contribution in [1.82, 2.24) is 14.9 Å². The van der Waals surface area contributed by atoms with Crippen LogP contribution in [0.4, 0.5) is 13.2 Å². The average molecular weight is 552 g/mol. The maximum atomic E-state index is 12.5. The van der Waals surface area contributed by atoms with E-state index in [1.165, 1.54) is 22.5 Å². The number of nitrogens with one attached hydrogen (secondary N) is 2. The highest BCUT2D eigenvalue weighted by Crippen LogP contribution is 2.38. The predicted octanol–water partition coefficient (Wildman–Crippen LogP) is 2.58. The molecule has 0 aromatic carbocycles. The van der Waals surface area contributed by atoms with Crippen molar-refractivity contribution in [2.75, 3.05) is 25.3 Å². The minimum atomic E-state index is -5.04.